The molecule has 1 amide bonds. The van der Waals surface area contributed by atoms with Crippen molar-refractivity contribution in [2.75, 3.05) is 40.9 Å². The molecule has 6 nitrogen and oxygen atoms in total. The Hall–Kier alpha value is -2.47. The summed E-state index contributed by atoms with van der Waals surface area (Å²) in [5.74, 6) is 1.64. The Kier molecular flexibility index (Phi) is 6.79. The number of amides is 1. The van der Waals surface area contributed by atoms with E-state index in [1.807, 2.05) is 24.1 Å². The Morgan fingerprint density at radius 1 is 1.31 bits per heavy atom. The molecule has 1 aromatic heterocycles. The largest absolute Gasteiger partial charge is 0.504 e. The number of fused-ring (bicyclic) bond motifs is 5. The van der Waals surface area contributed by atoms with E-state index in [0.29, 0.717) is 5.92 Å². The van der Waals surface area contributed by atoms with Crippen LogP contribution in [0.5, 0.6) is 5.75 Å². The van der Waals surface area contributed by atoms with Gasteiger partial charge in [-0.25, -0.2) is 0 Å². The third-order valence-electron chi connectivity index (χ3n) is 7.40. The molecule has 1 N–H and O–H groups in total. The number of carbonyl (C=O) groups is 1. The van der Waals surface area contributed by atoms with Gasteiger partial charge in [-0.15, -0.1) is 0 Å². The lowest BCUT2D eigenvalue weighted by atomic mass is 9.73. The monoisotopic (exact) mass is 439 g/mol. The summed E-state index contributed by atoms with van der Waals surface area (Å²) in [6, 6.07) is 6.49. The molecule has 1 saturated heterocycles. The predicted octanol–water partition coefficient (Wildman–Crippen LogP) is 4.52. The lowest BCUT2D eigenvalue weighted by Gasteiger charge is -2.46. The second-order valence-corrected chi connectivity index (χ2v) is 9.21. The van der Waals surface area contributed by atoms with Gasteiger partial charge in [0, 0.05) is 43.3 Å². The summed E-state index contributed by atoms with van der Waals surface area (Å²) < 4.78 is 11.1. The van der Waals surface area contributed by atoms with Crippen LogP contribution in [0.3, 0.4) is 0 Å². The third-order valence-corrected chi connectivity index (χ3v) is 7.40. The molecular formula is C26H37N3O3. The number of likely N-dealkylation sites (N-methyl/N-ethyl adjacent to an activating group) is 1. The first-order valence-electron chi connectivity index (χ1n) is 11.9. The van der Waals surface area contributed by atoms with Gasteiger partial charge in [-0.1, -0.05) is 26.3 Å². The number of aromatic amines is 1. The molecule has 0 aliphatic carbocycles. The molecule has 3 heterocycles. The van der Waals surface area contributed by atoms with Crippen LogP contribution < -0.4 is 4.74 Å². The van der Waals surface area contributed by atoms with Crippen molar-refractivity contribution in [1.82, 2.24) is 14.8 Å². The van der Waals surface area contributed by atoms with Crippen molar-refractivity contribution in [2.24, 2.45) is 11.8 Å². The minimum atomic E-state index is 0.0972. The zero-order chi connectivity index (χ0) is 22.8. The molecule has 3 atom stereocenters. The molecule has 0 unspecified atom stereocenters. The van der Waals surface area contributed by atoms with Gasteiger partial charge < -0.3 is 19.4 Å². The van der Waals surface area contributed by atoms with Crippen LogP contribution in [0.2, 0.25) is 0 Å². The normalized spacial score (nSPS) is 23.5. The first kappa shape index (κ1) is 22.7. The number of rotatable bonds is 7. The van der Waals surface area contributed by atoms with Gasteiger partial charge >= 0.3 is 0 Å². The summed E-state index contributed by atoms with van der Waals surface area (Å²) in [6.07, 6.45) is 5.64. The second kappa shape index (κ2) is 9.57. The molecule has 2 aromatic rings. The average Bonchev–Trinajstić information content (AvgIpc) is 3.20. The fraction of sp³-hybridized carbons (Fsp3) is 0.577. The lowest BCUT2D eigenvalue weighted by Crippen LogP contribution is -2.47. The molecular weight excluding hydrogens is 402 g/mol. The third kappa shape index (κ3) is 3.90. The number of nitrogens with zero attached hydrogens (tertiary/aromatic N) is 2. The highest BCUT2D eigenvalue weighted by atomic mass is 16.5. The molecule has 174 valence electrons. The van der Waals surface area contributed by atoms with Crippen molar-refractivity contribution in [2.45, 2.75) is 45.6 Å². The summed E-state index contributed by atoms with van der Waals surface area (Å²) in [4.78, 5) is 21.5. The van der Waals surface area contributed by atoms with E-state index >= 15 is 0 Å². The van der Waals surface area contributed by atoms with Crippen LogP contribution in [-0.4, -0.2) is 61.6 Å². The molecule has 2 aliphatic rings. The summed E-state index contributed by atoms with van der Waals surface area (Å²) in [7, 11) is 5.28. The number of carbonyl (C=O) groups excluding carboxylic acids is 1. The summed E-state index contributed by atoms with van der Waals surface area (Å²) in [5.41, 5.74) is 4.62. The molecule has 2 aliphatic heterocycles. The van der Waals surface area contributed by atoms with E-state index in [4.69, 9.17) is 9.47 Å². The first-order chi connectivity index (χ1) is 15.5. The fourth-order valence-electron chi connectivity index (χ4n) is 5.83. The number of aromatic nitrogens is 1. The zero-order valence-electron chi connectivity index (χ0n) is 20.1. The van der Waals surface area contributed by atoms with Gasteiger partial charge in [-0.2, -0.15) is 0 Å². The van der Waals surface area contributed by atoms with Gasteiger partial charge in [0.25, 0.3) is 5.91 Å². The number of hydrogen-bond donors (Lipinski definition) is 1. The molecule has 1 fully saturated rings. The number of H-pyrrole nitrogens is 1. The van der Waals surface area contributed by atoms with Crippen LogP contribution in [0.25, 0.3) is 10.9 Å². The quantitative estimate of drug-likeness (QED) is 0.509. The van der Waals surface area contributed by atoms with Crippen LogP contribution in [0.4, 0.5) is 0 Å². The van der Waals surface area contributed by atoms with E-state index in [0.717, 1.165) is 62.2 Å². The molecule has 0 bridgehead atoms. The van der Waals surface area contributed by atoms with Gasteiger partial charge in [0.1, 0.15) is 5.75 Å². The van der Waals surface area contributed by atoms with Crippen molar-refractivity contribution >= 4 is 16.8 Å². The standard InChI is InChI=1S/C26H37N3O3/c1-6-12-28(3)26(30)20(16-31-4)19-14-22-25-18(11-13-29(22)15-17(19)7-2)24-21(27-25)9-8-10-23(24)32-5/h8-10,16-17,19,22,27H,6-7,11-15H2,1-5H3/b20-16+/t17-,19+,22+/m1/s1. The number of hydrogen-bond acceptors (Lipinski definition) is 4. The molecule has 6 heteroatoms. The van der Waals surface area contributed by atoms with Gasteiger partial charge in [0.2, 0.25) is 0 Å². The first-order valence-corrected chi connectivity index (χ1v) is 11.9. The van der Waals surface area contributed by atoms with E-state index in [1.165, 1.54) is 16.6 Å². The Balaban J connectivity index is 1.72. The summed E-state index contributed by atoms with van der Waals surface area (Å²) in [5, 5.41) is 1.21. The maximum Gasteiger partial charge on any atom is 0.252 e. The van der Waals surface area contributed by atoms with E-state index in [2.05, 4.69) is 29.8 Å². The summed E-state index contributed by atoms with van der Waals surface area (Å²) in [6.45, 7) is 7.14. The number of methoxy groups -OCH3 is 2. The van der Waals surface area contributed by atoms with E-state index < -0.39 is 0 Å². The van der Waals surface area contributed by atoms with Crippen molar-refractivity contribution in [1.29, 1.82) is 0 Å². The average molecular weight is 440 g/mol. The van der Waals surface area contributed by atoms with Gasteiger partial charge in [0.05, 0.1) is 32.1 Å². The van der Waals surface area contributed by atoms with Gasteiger partial charge in [-0.05, 0) is 48.8 Å². The maximum atomic E-state index is 13.4. The van der Waals surface area contributed by atoms with Crippen molar-refractivity contribution in [3.63, 3.8) is 0 Å². The minimum absolute atomic E-state index is 0.0972. The number of ether oxygens (including phenoxy) is 2. The Bertz CT molecular complexity index is 996. The predicted molar refractivity (Wildman–Crippen MR) is 128 cm³/mol. The molecule has 0 radical (unpaired) electrons. The number of piperidine rings is 1. The SMILES string of the molecule is CCCN(C)C(=O)/C(=C/OC)[C@H]1C[C@H]2c3[nH]c4cccc(OC)c4c3CCN2C[C@H]1CC. The van der Waals surface area contributed by atoms with Crippen LogP contribution in [0.1, 0.15) is 50.4 Å². The van der Waals surface area contributed by atoms with Crippen molar-refractivity contribution in [3.05, 3.63) is 41.3 Å². The van der Waals surface area contributed by atoms with Gasteiger partial charge in [-0.3, -0.25) is 9.69 Å². The molecule has 4 rings (SSSR count). The smallest absolute Gasteiger partial charge is 0.252 e. The van der Waals surface area contributed by atoms with E-state index in [1.54, 1.807) is 20.5 Å². The van der Waals surface area contributed by atoms with Gasteiger partial charge in [0.15, 0.2) is 0 Å². The highest BCUT2D eigenvalue weighted by Gasteiger charge is 2.42. The Labute approximate surface area is 191 Å². The Morgan fingerprint density at radius 2 is 2.12 bits per heavy atom. The lowest BCUT2D eigenvalue weighted by molar-refractivity contribution is -0.127. The summed E-state index contributed by atoms with van der Waals surface area (Å²) >= 11 is 0. The number of nitrogens with one attached hydrogen (secondary N) is 1. The fourth-order valence-corrected chi connectivity index (χ4v) is 5.83. The van der Waals surface area contributed by atoms with E-state index in [9.17, 15) is 4.79 Å². The van der Waals surface area contributed by atoms with Crippen LogP contribution in [0.15, 0.2) is 30.0 Å². The highest BCUT2D eigenvalue weighted by Crippen LogP contribution is 2.47. The number of benzene rings is 1. The molecule has 0 saturated carbocycles. The topological polar surface area (TPSA) is 57.8 Å². The van der Waals surface area contributed by atoms with Crippen LogP contribution in [-0.2, 0) is 16.0 Å². The maximum absolute atomic E-state index is 13.4. The van der Waals surface area contributed by atoms with Crippen LogP contribution >= 0.6 is 0 Å². The highest BCUT2D eigenvalue weighted by molar-refractivity contribution is 5.94. The second-order valence-electron chi connectivity index (χ2n) is 9.21. The molecule has 32 heavy (non-hydrogen) atoms. The van der Waals surface area contributed by atoms with Crippen molar-refractivity contribution in [3.8, 4) is 5.75 Å². The Morgan fingerprint density at radius 3 is 2.81 bits per heavy atom. The van der Waals surface area contributed by atoms with E-state index in [-0.39, 0.29) is 17.9 Å². The minimum Gasteiger partial charge on any atom is -0.504 e. The molecule has 0 spiro atoms. The van der Waals surface area contributed by atoms with Crippen LogP contribution in [0, 0.1) is 11.8 Å². The van der Waals surface area contributed by atoms with Crippen molar-refractivity contribution < 1.29 is 14.3 Å². The molecule has 1 aromatic carbocycles. The zero-order valence-corrected chi connectivity index (χ0v) is 20.1.